The van der Waals surface area contributed by atoms with Crippen molar-refractivity contribution in [3.63, 3.8) is 0 Å². The molecule has 1 aromatic rings. The predicted octanol–water partition coefficient (Wildman–Crippen LogP) is 1.02. The summed E-state index contributed by atoms with van der Waals surface area (Å²) in [6.07, 6.45) is 3.36. The smallest absolute Gasteiger partial charge is 0.287 e. The van der Waals surface area contributed by atoms with Gasteiger partial charge in [-0.2, -0.15) is 0 Å². The molecular weight excluding hydrogens is 180 g/mol. The third-order valence-electron chi connectivity index (χ3n) is 2.53. The molecule has 0 bridgehead atoms. The zero-order valence-corrected chi connectivity index (χ0v) is 7.95. The van der Waals surface area contributed by atoms with Crippen molar-refractivity contribution in [2.24, 2.45) is 5.73 Å². The van der Waals surface area contributed by atoms with Crippen molar-refractivity contribution in [1.29, 1.82) is 0 Å². The molecule has 1 heterocycles. The molecule has 76 valence electrons. The van der Waals surface area contributed by atoms with Crippen LogP contribution < -0.4 is 11.1 Å². The Morgan fingerprint density at radius 2 is 2.36 bits per heavy atom. The molecule has 0 radical (unpaired) electrons. The van der Waals surface area contributed by atoms with Gasteiger partial charge in [0.05, 0.1) is 6.54 Å². The van der Waals surface area contributed by atoms with E-state index in [1.54, 1.807) is 12.1 Å². The molecule has 0 spiro atoms. The molecule has 0 saturated heterocycles. The maximum Gasteiger partial charge on any atom is 0.287 e. The van der Waals surface area contributed by atoms with Gasteiger partial charge in [0.15, 0.2) is 5.76 Å². The van der Waals surface area contributed by atoms with E-state index in [4.69, 9.17) is 10.2 Å². The molecule has 0 aromatic carbocycles. The third-order valence-corrected chi connectivity index (χ3v) is 2.53. The average Bonchev–Trinajstić information content (AvgIpc) is 2.59. The summed E-state index contributed by atoms with van der Waals surface area (Å²) in [5.74, 6) is 0.871. The van der Waals surface area contributed by atoms with E-state index >= 15 is 0 Å². The van der Waals surface area contributed by atoms with Crippen molar-refractivity contribution < 1.29 is 9.21 Å². The Balaban J connectivity index is 1.95. The Kier molecular flexibility index (Phi) is 2.54. The Morgan fingerprint density at radius 3 is 2.86 bits per heavy atom. The van der Waals surface area contributed by atoms with E-state index in [2.05, 4.69) is 5.32 Å². The van der Waals surface area contributed by atoms with Gasteiger partial charge >= 0.3 is 0 Å². The maximum absolute atomic E-state index is 11.5. The van der Waals surface area contributed by atoms with E-state index in [9.17, 15) is 4.79 Å². The summed E-state index contributed by atoms with van der Waals surface area (Å²) in [4.78, 5) is 11.5. The highest BCUT2D eigenvalue weighted by Crippen LogP contribution is 2.18. The van der Waals surface area contributed by atoms with Crippen molar-refractivity contribution in [3.8, 4) is 0 Å². The molecule has 1 aliphatic rings. The van der Waals surface area contributed by atoms with Gasteiger partial charge in [-0.15, -0.1) is 0 Å². The fourth-order valence-corrected chi connectivity index (χ4v) is 1.42. The highest BCUT2D eigenvalue weighted by atomic mass is 16.4. The van der Waals surface area contributed by atoms with Gasteiger partial charge in [0.1, 0.15) is 5.76 Å². The van der Waals surface area contributed by atoms with Crippen LogP contribution in [0.3, 0.4) is 0 Å². The lowest BCUT2D eigenvalue weighted by Gasteiger charge is -2.25. The van der Waals surface area contributed by atoms with Crippen LogP contribution in [0.2, 0.25) is 0 Å². The Labute approximate surface area is 82.5 Å². The molecular formula is C10H14N2O2. The second kappa shape index (κ2) is 3.84. The molecule has 4 nitrogen and oxygen atoms in total. The van der Waals surface area contributed by atoms with Crippen molar-refractivity contribution in [2.75, 3.05) is 0 Å². The zero-order valence-electron chi connectivity index (χ0n) is 7.95. The van der Waals surface area contributed by atoms with Crippen LogP contribution in [0.5, 0.6) is 0 Å². The van der Waals surface area contributed by atoms with Crippen LogP contribution in [-0.2, 0) is 6.54 Å². The summed E-state index contributed by atoms with van der Waals surface area (Å²) in [5, 5.41) is 2.90. The second-order valence-corrected chi connectivity index (χ2v) is 3.57. The quantitative estimate of drug-likeness (QED) is 0.754. The zero-order chi connectivity index (χ0) is 9.97. The average molecular weight is 194 g/mol. The van der Waals surface area contributed by atoms with Gasteiger partial charge in [-0.25, -0.2) is 0 Å². The maximum atomic E-state index is 11.5. The minimum absolute atomic E-state index is 0.130. The predicted molar refractivity (Wildman–Crippen MR) is 51.7 cm³/mol. The van der Waals surface area contributed by atoms with E-state index in [1.165, 1.54) is 6.42 Å². The number of carbonyl (C=O) groups is 1. The molecule has 14 heavy (non-hydrogen) atoms. The lowest BCUT2D eigenvalue weighted by atomic mass is 9.93. The Hall–Kier alpha value is -1.29. The van der Waals surface area contributed by atoms with E-state index in [0.29, 0.717) is 24.1 Å². The SMILES string of the molecule is NCc1ccc(C(=O)NC2CCC2)o1. The van der Waals surface area contributed by atoms with E-state index in [1.807, 2.05) is 0 Å². The highest BCUT2D eigenvalue weighted by Gasteiger charge is 2.21. The van der Waals surface area contributed by atoms with Crippen LogP contribution in [0, 0.1) is 0 Å². The molecule has 1 saturated carbocycles. The van der Waals surface area contributed by atoms with Gasteiger partial charge in [0.25, 0.3) is 5.91 Å². The fourth-order valence-electron chi connectivity index (χ4n) is 1.42. The van der Waals surface area contributed by atoms with Crippen LogP contribution in [0.25, 0.3) is 0 Å². The van der Waals surface area contributed by atoms with E-state index < -0.39 is 0 Å². The normalized spacial score (nSPS) is 16.4. The first-order valence-electron chi connectivity index (χ1n) is 4.89. The first kappa shape index (κ1) is 9.27. The van der Waals surface area contributed by atoms with Gasteiger partial charge in [0.2, 0.25) is 0 Å². The summed E-state index contributed by atoms with van der Waals surface area (Å²) in [6, 6.07) is 3.74. The van der Waals surface area contributed by atoms with E-state index in [0.717, 1.165) is 12.8 Å². The third kappa shape index (κ3) is 1.80. The summed E-state index contributed by atoms with van der Waals surface area (Å²) in [7, 11) is 0. The largest absolute Gasteiger partial charge is 0.455 e. The van der Waals surface area contributed by atoms with Crippen LogP contribution in [0.1, 0.15) is 35.6 Å². The number of rotatable bonds is 3. The Morgan fingerprint density at radius 1 is 1.57 bits per heavy atom. The van der Waals surface area contributed by atoms with Gasteiger partial charge in [-0.3, -0.25) is 4.79 Å². The van der Waals surface area contributed by atoms with Gasteiger partial charge in [-0.05, 0) is 31.4 Å². The second-order valence-electron chi connectivity index (χ2n) is 3.57. The molecule has 0 unspecified atom stereocenters. The number of nitrogens with two attached hydrogens (primary N) is 1. The summed E-state index contributed by atoms with van der Waals surface area (Å²) in [6.45, 7) is 0.330. The summed E-state index contributed by atoms with van der Waals surface area (Å²) < 4.78 is 5.23. The highest BCUT2D eigenvalue weighted by molar-refractivity contribution is 5.91. The molecule has 0 atom stereocenters. The molecule has 1 aromatic heterocycles. The first-order valence-corrected chi connectivity index (χ1v) is 4.89. The summed E-state index contributed by atoms with van der Waals surface area (Å²) >= 11 is 0. The van der Waals surface area contributed by atoms with Crippen LogP contribution in [0.15, 0.2) is 16.5 Å². The molecule has 0 aliphatic heterocycles. The number of furan rings is 1. The molecule has 1 fully saturated rings. The van der Waals surface area contributed by atoms with Crippen molar-refractivity contribution >= 4 is 5.91 Å². The molecule has 2 rings (SSSR count). The lowest BCUT2D eigenvalue weighted by molar-refractivity contribution is 0.0887. The van der Waals surface area contributed by atoms with Crippen LogP contribution in [-0.4, -0.2) is 11.9 Å². The molecule has 1 amide bonds. The number of nitrogens with one attached hydrogen (secondary N) is 1. The lowest BCUT2D eigenvalue weighted by Crippen LogP contribution is -2.39. The summed E-state index contributed by atoms with van der Waals surface area (Å²) in [5.41, 5.74) is 5.38. The fraction of sp³-hybridized carbons (Fsp3) is 0.500. The van der Waals surface area contributed by atoms with Crippen molar-refractivity contribution in [1.82, 2.24) is 5.32 Å². The Bertz CT molecular complexity index is 329. The van der Waals surface area contributed by atoms with Gasteiger partial charge in [0, 0.05) is 6.04 Å². The topological polar surface area (TPSA) is 68.3 Å². The monoisotopic (exact) mass is 194 g/mol. The van der Waals surface area contributed by atoms with Crippen molar-refractivity contribution in [2.45, 2.75) is 31.8 Å². The van der Waals surface area contributed by atoms with Gasteiger partial charge in [-0.1, -0.05) is 0 Å². The van der Waals surface area contributed by atoms with Crippen LogP contribution >= 0.6 is 0 Å². The minimum atomic E-state index is -0.130. The number of carbonyl (C=O) groups excluding carboxylic acids is 1. The number of amides is 1. The molecule has 1 aliphatic carbocycles. The number of hydrogen-bond acceptors (Lipinski definition) is 3. The van der Waals surface area contributed by atoms with E-state index in [-0.39, 0.29) is 5.91 Å². The number of hydrogen-bond donors (Lipinski definition) is 2. The van der Waals surface area contributed by atoms with Crippen LogP contribution in [0.4, 0.5) is 0 Å². The van der Waals surface area contributed by atoms with Gasteiger partial charge < -0.3 is 15.5 Å². The first-order chi connectivity index (χ1) is 6.79. The molecule has 4 heteroatoms. The standard InChI is InChI=1S/C10H14N2O2/c11-6-8-4-5-9(14-8)10(13)12-7-2-1-3-7/h4-5,7H,1-3,6,11H2,(H,12,13). The van der Waals surface area contributed by atoms with Crippen molar-refractivity contribution in [3.05, 3.63) is 23.7 Å². The minimum Gasteiger partial charge on any atom is -0.455 e. The molecule has 3 N–H and O–H groups in total.